The maximum atomic E-state index is 9.58. The summed E-state index contributed by atoms with van der Waals surface area (Å²) in [4.78, 5) is 0. The monoisotopic (exact) mass is 235 g/mol. The molecule has 2 unspecified atom stereocenters. The molecule has 0 fully saturated rings. The van der Waals surface area contributed by atoms with Crippen molar-refractivity contribution in [1.82, 2.24) is 0 Å². The Balaban J connectivity index is 2.65. The van der Waals surface area contributed by atoms with Crippen molar-refractivity contribution in [2.75, 3.05) is 6.61 Å². The van der Waals surface area contributed by atoms with Gasteiger partial charge in [0.2, 0.25) is 0 Å². The van der Waals surface area contributed by atoms with E-state index in [0.717, 1.165) is 0 Å². The van der Waals surface area contributed by atoms with E-state index < -0.39 is 12.2 Å². The summed E-state index contributed by atoms with van der Waals surface area (Å²) in [7, 11) is 0. The first-order valence-corrected chi connectivity index (χ1v) is 5.53. The lowest BCUT2D eigenvalue weighted by Crippen LogP contribution is -2.15. The summed E-state index contributed by atoms with van der Waals surface area (Å²) in [6.45, 7) is 4.74. The fourth-order valence-corrected chi connectivity index (χ4v) is 1.28. The Labute approximate surface area is 101 Å². The van der Waals surface area contributed by atoms with Gasteiger partial charge in [0.25, 0.3) is 0 Å². The number of nitriles is 1. The third-order valence-electron chi connectivity index (χ3n) is 2.24. The summed E-state index contributed by atoms with van der Waals surface area (Å²) in [6.07, 6.45) is -2.59. The first kappa shape index (κ1) is 13.5. The van der Waals surface area contributed by atoms with Crippen molar-refractivity contribution in [3.05, 3.63) is 29.8 Å². The van der Waals surface area contributed by atoms with Gasteiger partial charge in [-0.15, -0.1) is 0 Å². The van der Waals surface area contributed by atoms with E-state index in [2.05, 4.69) is 13.8 Å². The van der Waals surface area contributed by atoms with E-state index in [1.165, 1.54) is 0 Å². The van der Waals surface area contributed by atoms with E-state index in [-0.39, 0.29) is 0 Å². The average Bonchev–Trinajstić information content (AvgIpc) is 2.35. The highest BCUT2D eigenvalue weighted by atomic mass is 16.5. The molecule has 92 valence electrons. The molecule has 1 rings (SSSR count). The van der Waals surface area contributed by atoms with E-state index in [1.54, 1.807) is 30.3 Å². The average molecular weight is 235 g/mol. The lowest BCUT2D eigenvalue weighted by atomic mass is 10.1. The zero-order chi connectivity index (χ0) is 12.8. The van der Waals surface area contributed by atoms with Crippen LogP contribution in [0.1, 0.15) is 25.5 Å². The topological polar surface area (TPSA) is 73.5 Å². The molecule has 0 spiro atoms. The van der Waals surface area contributed by atoms with Crippen molar-refractivity contribution in [1.29, 1.82) is 5.26 Å². The van der Waals surface area contributed by atoms with Gasteiger partial charge in [-0.3, -0.25) is 0 Å². The van der Waals surface area contributed by atoms with Gasteiger partial charge in [-0.25, -0.2) is 0 Å². The molecule has 0 bridgehead atoms. The van der Waals surface area contributed by atoms with E-state index in [1.807, 2.05) is 0 Å². The standard InChI is InChI=1S/C13H17NO3/c1-9(2)8-17-11-5-3-10(4-6-11)13(16)12(15)7-14/h3-6,9,12-13,15-16H,8H2,1-2H3. The number of nitrogens with zero attached hydrogens (tertiary/aromatic N) is 1. The summed E-state index contributed by atoms with van der Waals surface area (Å²) >= 11 is 0. The zero-order valence-corrected chi connectivity index (χ0v) is 10.00. The minimum absolute atomic E-state index is 0.445. The summed E-state index contributed by atoms with van der Waals surface area (Å²) in [5.74, 6) is 1.15. The molecule has 2 N–H and O–H groups in total. The molecule has 0 aliphatic rings. The molecule has 17 heavy (non-hydrogen) atoms. The van der Waals surface area contributed by atoms with Crippen LogP contribution in [0, 0.1) is 17.2 Å². The third kappa shape index (κ3) is 4.06. The fourth-order valence-electron chi connectivity index (χ4n) is 1.28. The van der Waals surface area contributed by atoms with E-state index in [4.69, 9.17) is 10.00 Å². The van der Waals surface area contributed by atoms with Gasteiger partial charge in [-0.2, -0.15) is 5.26 Å². The Kier molecular flexibility index (Phi) is 4.95. The molecular formula is C13H17NO3. The van der Waals surface area contributed by atoms with E-state index in [9.17, 15) is 10.2 Å². The van der Waals surface area contributed by atoms with Crippen LogP contribution in [0.15, 0.2) is 24.3 Å². The largest absolute Gasteiger partial charge is 0.493 e. The lowest BCUT2D eigenvalue weighted by Gasteiger charge is -2.13. The van der Waals surface area contributed by atoms with Crippen LogP contribution in [-0.2, 0) is 0 Å². The van der Waals surface area contributed by atoms with E-state index in [0.29, 0.717) is 23.8 Å². The lowest BCUT2D eigenvalue weighted by molar-refractivity contribution is 0.0527. The molecule has 0 aliphatic heterocycles. The van der Waals surface area contributed by atoms with Crippen LogP contribution in [0.3, 0.4) is 0 Å². The zero-order valence-electron chi connectivity index (χ0n) is 10.00. The SMILES string of the molecule is CC(C)COc1ccc(C(O)C(O)C#N)cc1. The predicted octanol–water partition coefficient (Wildman–Crippen LogP) is 1.64. The molecule has 2 atom stereocenters. The van der Waals surface area contributed by atoms with Crippen molar-refractivity contribution in [3.8, 4) is 11.8 Å². The summed E-state index contributed by atoms with van der Waals surface area (Å²) in [5, 5.41) is 27.2. The van der Waals surface area contributed by atoms with Gasteiger partial charge in [0.05, 0.1) is 12.7 Å². The van der Waals surface area contributed by atoms with Crippen LogP contribution in [0.4, 0.5) is 0 Å². The highest BCUT2D eigenvalue weighted by Gasteiger charge is 2.17. The summed E-state index contributed by atoms with van der Waals surface area (Å²) in [5.41, 5.74) is 0.496. The number of hydrogen-bond acceptors (Lipinski definition) is 4. The Hall–Kier alpha value is -1.57. The first-order chi connectivity index (χ1) is 8.04. The fraction of sp³-hybridized carbons (Fsp3) is 0.462. The Morgan fingerprint density at radius 1 is 1.24 bits per heavy atom. The first-order valence-electron chi connectivity index (χ1n) is 5.53. The van der Waals surface area contributed by atoms with Gasteiger partial charge in [0, 0.05) is 0 Å². The summed E-state index contributed by atoms with van der Waals surface area (Å²) in [6, 6.07) is 8.30. The molecule has 0 aromatic heterocycles. The molecule has 1 aromatic rings. The summed E-state index contributed by atoms with van der Waals surface area (Å²) < 4.78 is 5.48. The number of aliphatic hydroxyl groups is 2. The molecule has 0 aliphatic carbocycles. The van der Waals surface area contributed by atoms with Gasteiger partial charge < -0.3 is 14.9 Å². The Morgan fingerprint density at radius 2 is 1.82 bits per heavy atom. The van der Waals surface area contributed by atoms with Gasteiger partial charge in [-0.1, -0.05) is 26.0 Å². The van der Waals surface area contributed by atoms with E-state index >= 15 is 0 Å². The van der Waals surface area contributed by atoms with Crippen LogP contribution in [0.2, 0.25) is 0 Å². The number of hydrogen-bond donors (Lipinski definition) is 2. The smallest absolute Gasteiger partial charge is 0.170 e. The number of benzene rings is 1. The number of aliphatic hydroxyl groups excluding tert-OH is 2. The van der Waals surface area contributed by atoms with Crippen LogP contribution >= 0.6 is 0 Å². The highest BCUT2D eigenvalue weighted by molar-refractivity contribution is 5.29. The number of ether oxygens (including phenoxy) is 1. The van der Waals surface area contributed by atoms with Crippen molar-refractivity contribution in [2.45, 2.75) is 26.1 Å². The quantitative estimate of drug-likeness (QED) is 0.761. The normalized spacial score (nSPS) is 14.1. The second-order valence-corrected chi connectivity index (χ2v) is 4.29. The van der Waals surface area contributed by atoms with Crippen molar-refractivity contribution < 1.29 is 14.9 Å². The Bertz CT molecular complexity index is 381. The minimum Gasteiger partial charge on any atom is -0.493 e. The molecule has 4 heteroatoms. The van der Waals surface area contributed by atoms with Crippen LogP contribution in [0.5, 0.6) is 5.75 Å². The van der Waals surface area contributed by atoms with Gasteiger partial charge >= 0.3 is 0 Å². The van der Waals surface area contributed by atoms with Gasteiger partial charge in [-0.05, 0) is 23.6 Å². The molecule has 0 saturated heterocycles. The second kappa shape index (κ2) is 6.24. The van der Waals surface area contributed by atoms with Gasteiger partial charge in [0.1, 0.15) is 11.9 Å². The molecule has 0 amide bonds. The van der Waals surface area contributed by atoms with Gasteiger partial charge in [0.15, 0.2) is 6.10 Å². The molecule has 0 radical (unpaired) electrons. The molecular weight excluding hydrogens is 218 g/mol. The third-order valence-corrected chi connectivity index (χ3v) is 2.24. The molecule has 1 aromatic carbocycles. The van der Waals surface area contributed by atoms with Crippen LogP contribution < -0.4 is 4.74 Å². The van der Waals surface area contributed by atoms with Crippen LogP contribution in [-0.4, -0.2) is 22.9 Å². The second-order valence-electron chi connectivity index (χ2n) is 4.29. The number of rotatable bonds is 5. The van der Waals surface area contributed by atoms with Crippen molar-refractivity contribution in [3.63, 3.8) is 0 Å². The maximum absolute atomic E-state index is 9.58. The molecule has 0 heterocycles. The minimum atomic E-state index is -1.41. The predicted molar refractivity (Wildman–Crippen MR) is 63.4 cm³/mol. The van der Waals surface area contributed by atoms with Crippen molar-refractivity contribution in [2.24, 2.45) is 5.92 Å². The molecule has 0 saturated carbocycles. The van der Waals surface area contributed by atoms with Crippen molar-refractivity contribution >= 4 is 0 Å². The highest BCUT2D eigenvalue weighted by Crippen LogP contribution is 2.20. The maximum Gasteiger partial charge on any atom is 0.170 e. The Morgan fingerprint density at radius 3 is 2.29 bits per heavy atom. The van der Waals surface area contributed by atoms with Crippen LogP contribution in [0.25, 0.3) is 0 Å². The molecule has 4 nitrogen and oxygen atoms in total.